The largest absolute Gasteiger partial charge is 3.00 e. The minimum absolute atomic E-state index is 0. The summed E-state index contributed by atoms with van der Waals surface area (Å²) in [5, 5.41) is 0. The van der Waals surface area contributed by atoms with Crippen LogP contribution in [-0.4, -0.2) is 86.8 Å². The second-order valence-electron chi connectivity index (χ2n) is 0. The summed E-state index contributed by atoms with van der Waals surface area (Å²) >= 11 is 0. The molecule has 0 aliphatic heterocycles. The SMILES string of the molecule is [Al+3].[Al+3].[Al+3].[Al+3].[Al+3].[La+3].[La+3].[La+3].[La+3].[La+3].[N-3].[N-3].[N-3].[N-3].[N-3].[N-3].[O-2].[O-2].[O-2].[O-2].[O-2].[O-2]. The number of hydrogen-bond acceptors (Lipinski definition) is 0. The van der Waals surface area contributed by atoms with Crippen LogP contribution in [0.2, 0.25) is 0 Å². The van der Waals surface area contributed by atoms with Gasteiger partial charge in [-0.1, -0.05) is 0 Å². The molecule has 0 aliphatic carbocycles. The molecular formula is Al5La5N6O6. The fourth-order valence-electron chi connectivity index (χ4n) is 0. The van der Waals surface area contributed by atoms with Gasteiger partial charge >= 0.3 is 265 Å². The normalized spacial score (nSPS) is 0. The van der Waals surface area contributed by atoms with E-state index in [1.54, 1.807) is 0 Å². The van der Waals surface area contributed by atoms with Crippen LogP contribution in [0.1, 0.15) is 0 Å². The molecule has 0 bridgehead atoms. The Morgan fingerprint density at radius 1 is 0.182 bits per heavy atom. The molecular weight excluding hydrogens is 1010 g/mol. The molecule has 0 saturated heterocycles. The number of rotatable bonds is 0. The van der Waals surface area contributed by atoms with Crippen LogP contribution in [0.5, 0.6) is 0 Å². The summed E-state index contributed by atoms with van der Waals surface area (Å²) in [4.78, 5) is 0. The van der Waals surface area contributed by atoms with Crippen LogP contribution in [0.15, 0.2) is 0 Å². The van der Waals surface area contributed by atoms with Crippen molar-refractivity contribution in [1.29, 1.82) is 0 Å². The van der Waals surface area contributed by atoms with Crippen molar-refractivity contribution in [3.8, 4) is 0 Å². The zero-order chi connectivity index (χ0) is 0. The van der Waals surface area contributed by atoms with E-state index in [-0.39, 0.29) is 335 Å². The molecule has 0 unspecified atom stereocenters. The maximum Gasteiger partial charge on any atom is 3.00 e. The Morgan fingerprint density at radius 2 is 0.182 bits per heavy atom. The van der Waals surface area contributed by atoms with E-state index in [2.05, 4.69) is 0 Å². The van der Waals surface area contributed by atoms with E-state index in [0.717, 1.165) is 0 Å². The van der Waals surface area contributed by atoms with Crippen LogP contribution in [0.4, 0.5) is 0 Å². The Balaban J connectivity index is 0. The van der Waals surface area contributed by atoms with Crippen LogP contribution < -0.4 is 0 Å². The summed E-state index contributed by atoms with van der Waals surface area (Å²) in [7, 11) is 0. The summed E-state index contributed by atoms with van der Waals surface area (Å²) < 4.78 is 0. The fraction of sp³-hybridized carbons (Fsp3) is 0. The van der Waals surface area contributed by atoms with Crippen molar-refractivity contribution in [1.82, 2.24) is 0 Å². The molecule has 22 heavy (non-hydrogen) atoms. The van der Waals surface area contributed by atoms with E-state index in [1.165, 1.54) is 0 Å². The summed E-state index contributed by atoms with van der Waals surface area (Å²) in [6.07, 6.45) is 0. The average Bonchev–Trinajstić information content (AvgIpc) is 0. The van der Waals surface area contributed by atoms with Crippen molar-refractivity contribution in [2.45, 2.75) is 0 Å². The molecule has 0 rings (SSSR count). The van der Waals surface area contributed by atoms with E-state index >= 15 is 0 Å². The minimum atomic E-state index is 0. The summed E-state index contributed by atoms with van der Waals surface area (Å²) in [6.45, 7) is 0. The predicted molar refractivity (Wildman–Crippen MR) is 53.0 cm³/mol. The van der Waals surface area contributed by atoms with Crippen molar-refractivity contribution >= 4 is 86.8 Å². The molecule has 0 aromatic rings. The van der Waals surface area contributed by atoms with Gasteiger partial charge in [-0.15, -0.1) is 0 Å². The molecule has 0 radical (unpaired) electrons. The maximum atomic E-state index is 0. The van der Waals surface area contributed by atoms with Crippen LogP contribution in [0, 0.1) is 178 Å². The first-order valence-electron chi connectivity index (χ1n) is 0. The molecule has 0 N–H and O–H groups in total. The molecule has 0 aliphatic rings. The first-order valence-corrected chi connectivity index (χ1v) is 0. The summed E-state index contributed by atoms with van der Waals surface area (Å²) in [5.41, 5.74) is 0. The molecule has 12 nitrogen and oxygen atoms in total. The summed E-state index contributed by atoms with van der Waals surface area (Å²) in [6, 6.07) is 0. The van der Waals surface area contributed by atoms with Gasteiger partial charge in [-0.3, -0.25) is 0 Å². The van der Waals surface area contributed by atoms with Gasteiger partial charge in [0.25, 0.3) is 0 Å². The van der Waals surface area contributed by atoms with Gasteiger partial charge in [0.2, 0.25) is 0 Å². The van der Waals surface area contributed by atoms with Gasteiger partial charge in [0.15, 0.2) is 0 Å². The van der Waals surface area contributed by atoms with Crippen LogP contribution in [0.3, 0.4) is 0 Å². The zero-order valence-corrected chi connectivity index (χ0v) is 34.8. The van der Waals surface area contributed by atoms with Crippen molar-refractivity contribution in [2.24, 2.45) is 0 Å². The van der Waals surface area contributed by atoms with Crippen LogP contribution in [0.25, 0.3) is 36.9 Å². The molecule has 0 spiro atoms. The van der Waals surface area contributed by atoms with Crippen molar-refractivity contribution < 1.29 is 211 Å². The van der Waals surface area contributed by atoms with E-state index in [9.17, 15) is 0 Å². The van der Waals surface area contributed by atoms with Gasteiger partial charge in [-0.2, -0.15) is 0 Å². The molecule has 0 aromatic carbocycles. The molecule has 0 heterocycles. The third kappa shape index (κ3) is 312. The summed E-state index contributed by atoms with van der Waals surface area (Å²) in [5.74, 6) is 0. The molecule has 0 fully saturated rings. The van der Waals surface area contributed by atoms with Crippen LogP contribution in [-0.2, 0) is 32.9 Å². The third-order valence-electron chi connectivity index (χ3n) is 0. The van der Waals surface area contributed by atoms with Crippen molar-refractivity contribution in [3.63, 3.8) is 0 Å². The monoisotopic (exact) mass is 1010 g/mol. The Bertz CT molecular complexity index is 43.9. The Kier molecular flexibility index (Phi) is 6090. The Labute approximate surface area is 326 Å². The van der Waals surface area contributed by atoms with E-state index in [4.69, 9.17) is 0 Å². The molecule has 0 atom stereocenters. The van der Waals surface area contributed by atoms with Gasteiger partial charge < -0.3 is 69.8 Å². The topological polar surface area (TPSA) is 354 Å². The molecule has 0 aromatic heterocycles. The smallest absolute Gasteiger partial charge is 3.00 e. The van der Waals surface area contributed by atoms with Crippen molar-refractivity contribution in [3.05, 3.63) is 36.9 Å². The van der Waals surface area contributed by atoms with Crippen molar-refractivity contribution in [2.75, 3.05) is 0 Å². The predicted octanol–water partition coefficient (Wildman–Crippen LogP) is -0.885. The third-order valence-corrected chi connectivity index (χ3v) is 0. The second kappa shape index (κ2) is 347. The second-order valence-corrected chi connectivity index (χ2v) is 0. The zero-order valence-electron chi connectivity index (χ0n) is 10.9. The molecule has 96 valence electrons. The van der Waals surface area contributed by atoms with Gasteiger partial charge in [0.05, 0.1) is 0 Å². The van der Waals surface area contributed by atoms with E-state index < -0.39 is 0 Å². The molecule has 0 saturated carbocycles. The van der Waals surface area contributed by atoms with E-state index in [1.807, 2.05) is 0 Å². The van der Waals surface area contributed by atoms with Gasteiger partial charge in [-0.25, -0.2) is 0 Å². The Hall–Kier alpha value is 8.16. The van der Waals surface area contributed by atoms with Gasteiger partial charge in [-0.05, 0) is 0 Å². The number of hydrogen-bond donors (Lipinski definition) is 0. The standard InChI is InChI=1S/5Al.5La.6N.6O/q10*+3;6*-3;6*-2. The molecule has 22 heteroatoms. The van der Waals surface area contributed by atoms with E-state index in [0.29, 0.717) is 0 Å². The average molecular weight is 1010 g/mol. The first kappa shape index (κ1) is 385. The number of nitrogens with zero attached hydrogens (tertiary/aromatic N) is 6. The van der Waals surface area contributed by atoms with Gasteiger partial charge in [0.1, 0.15) is 0 Å². The Morgan fingerprint density at radius 3 is 0.182 bits per heavy atom. The minimum Gasteiger partial charge on any atom is -3.00 e. The van der Waals surface area contributed by atoms with Crippen LogP contribution >= 0.6 is 0 Å². The van der Waals surface area contributed by atoms with Gasteiger partial charge in [0, 0.05) is 0 Å². The maximum absolute atomic E-state index is 0. The first-order chi connectivity index (χ1) is 0. The fourth-order valence-corrected chi connectivity index (χ4v) is 0. The molecule has 0 amide bonds. The quantitative estimate of drug-likeness (QED) is 0.267.